The van der Waals surface area contributed by atoms with E-state index in [9.17, 15) is 9.59 Å². The predicted molar refractivity (Wildman–Crippen MR) is 69.9 cm³/mol. The van der Waals surface area contributed by atoms with Crippen LogP contribution in [0.5, 0.6) is 0 Å². The summed E-state index contributed by atoms with van der Waals surface area (Å²) in [5.74, 6) is 0.176. The van der Waals surface area contributed by atoms with Crippen molar-refractivity contribution in [3.8, 4) is 0 Å². The smallest absolute Gasteiger partial charge is 0.230 e. The number of imide groups is 1. The minimum Gasteiger partial charge on any atom is -0.296 e. The summed E-state index contributed by atoms with van der Waals surface area (Å²) in [7, 11) is 0. The van der Waals surface area contributed by atoms with Crippen LogP contribution in [0.1, 0.15) is 31.4 Å². The van der Waals surface area contributed by atoms with Crippen LogP contribution in [0.3, 0.4) is 0 Å². The van der Waals surface area contributed by atoms with Crippen molar-refractivity contribution >= 4 is 11.8 Å². The van der Waals surface area contributed by atoms with Crippen molar-refractivity contribution in [2.75, 3.05) is 0 Å². The highest BCUT2D eigenvalue weighted by Gasteiger charge is 2.30. The van der Waals surface area contributed by atoms with Gasteiger partial charge in [0, 0.05) is 6.42 Å². The molecule has 1 aliphatic rings. The van der Waals surface area contributed by atoms with Crippen molar-refractivity contribution in [2.45, 2.75) is 33.1 Å². The summed E-state index contributed by atoms with van der Waals surface area (Å²) >= 11 is 0. The fourth-order valence-electron chi connectivity index (χ4n) is 2.34. The molecule has 0 spiro atoms. The van der Waals surface area contributed by atoms with Crippen LogP contribution in [0.15, 0.2) is 24.3 Å². The molecule has 0 aliphatic carbocycles. The predicted octanol–water partition coefficient (Wildman–Crippen LogP) is 2.09. The Hall–Kier alpha value is -1.64. The van der Waals surface area contributed by atoms with Gasteiger partial charge in [-0.25, -0.2) is 0 Å². The summed E-state index contributed by atoms with van der Waals surface area (Å²) in [4.78, 5) is 22.6. The van der Waals surface area contributed by atoms with Gasteiger partial charge in [-0.3, -0.25) is 14.9 Å². The van der Waals surface area contributed by atoms with Gasteiger partial charge in [0.05, 0.1) is 5.92 Å². The molecule has 96 valence electrons. The number of amides is 2. The van der Waals surface area contributed by atoms with E-state index in [4.69, 9.17) is 0 Å². The van der Waals surface area contributed by atoms with Crippen LogP contribution >= 0.6 is 0 Å². The molecule has 2 rings (SSSR count). The van der Waals surface area contributed by atoms with Gasteiger partial charge in [0.1, 0.15) is 0 Å². The molecule has 0 radical (unpaired) electrons. The van der Waals surface area contributed by atoms with Gasteiger partial charge in [0.2, 0.25) is 11.8 Å². The number of carbonyl (C=O) groups is 2. The summed E-state index contributed by atoms with van der Waals surface area (Å²) in [5.41, 5.74) is 2.44. The monoisotopic (exact) mass is 245 g/mol. The zero-order valence-electron chi connectivity index (χ0n) is 10.9. The fourth-order valence-corrected chi connectivity index (χ4v) is 2.34. The topological polar surface area (TPSA) is 46.2 Å². The first-order valence-corrected chi connectivity index (χ1v) is 6.46. The van der Waals surface area contributed by atoms with E-state index in [0.717, 1.165) is 12.0 Å². The van der Waals surface area contributed by atoms with Crippen LogP contribution in [0.25, 0.3) is 0 Å². The van der Waals surface area contributed by atoms with E-state index in [-0.39, 0.29) is 17.7 Å². The van der Waals surface area contributed by atoms with Crippen LogP contribution in [-0.4, -0.2) is 11.8 Å². The van der Waals surface area contributed by atoms with Crippen molar-refractivity contribution in [1.29, 1.82) is 0 Å². The molecular weight excluding hydrogens is 226 g/mol. The Balaban J connectivity index is 1.98. The Kier molecular flexibility index (Phi) is 3.80. The minimum absolute atomic E-state index is 0.133. The van der Waals surface area contributed by atoms with E-state index in [1.165, 1.54) is 5.56 Å². The highest BCUT2D eigenvalue weighted by atomic mass is 16.2. The van der Waals surface area contributed by atoms with Gasteiger partial charge in [-0.2, -0.15) is 0 Å². The number of nitrogens with one attached hydrogen (secondary N) is 1. The number of hydrogen-bond acceptors (Lipinski definition) is 2. The van der Waals surface area contributed by atoms with Crippen LogP contribution in [0.4, 0.5) is 0 Å². The van der Waals surface area contributed by atoms with Crippen molar-refractivity contribution in [2.24, 2.45) is 11.8 Å². The van der Waals surface area contributed by atoms with E-state index in [2.05, 4.69) is 43.4 Å². The van der Waals surface area contributed by atoms with Crippen LogP contribution in [0.2, 0.25) is 0 Å². The molecule has 1 aromatic carbocycles. The lowest BCUT2D eigenvalue weighted by Crippen LogP contribution is -2.22. The molecule has 1 N–H and O–H groups in total. The summed E-state index contributed by atoms with van der Waals surface area (Å²) in [6.07, 6.45) is 2.05. The molecule has 18 heavy (non-hydrogen) atoms. The largest absolute Gasteiger partial charge is 0.296 e. The number of rotatable bonds is 4. The molecule has 2 amide bonds. The lowest BCUT2D eigenvalue weighted by atomic mass is 9.95. The van der Waals surface area contributed by atoms with Crippen molar-refractivity contribution in [3.63, 3.8) is 0 Å². The zero-order valence-corrected chi connectivity index (χ0v) is 10.9. The van der Waals surface area contributed by atoms with E-state index in [1.807, 2.05) is 0 Å². The van der Waals surface area contributed by atoms with Crippen molar-refractivity contribution in [1.82, 2.24) is 5.32 Å². The normalized spacial score (nSPS) is 19.4. The van der Waals surface area contributed by atoms with Crippen LogP contribution in [-0.2, 0) is 22.4 Å². The maximum Gasteiger partial charge on any atom is 0.230 e. The molecule has 0 saturated carbocycles. The summed E-state index contributed by atoms with van der Waals surface area (Å²) in [5, 5.41) is 2.35. The van der Waals surface area contributed by atoms with Gasteiger partial charge < -0.3 is 0 Å². The molecular formula is C15H19NO2. The van der Waals surface area contributed by atoms with Gasteiger partial charge in [-0.1, -0.05) is 38.1 Å². The third kappa shape index (κ3) is 3.19. The van der Waals surface area contributed by atoms with Gasteiger partial charge in [-0.05, 0) is 29.9 Å². The Labute approximate surface area is 108 Å². The number of benzene rings is 1. The van der Waals surface area contributed by atoms with Crippen molar-refractivity contribution < 1.29 is 9.59 Å². The van der Waals surface area contributed by atoms with E-state index in [1.54, 1.807) is 0 Å². The highest BCUT2D eigenvalue weighted by molar-refractivity contribution is 6.03. The molecule has 0 aromatic heterocycles. The molecule has 1 aliphatic heterocycles. The first-order chi connectivity index (χ1) is 8.54. The van der Waals surface area contributed by atoms with Crippen molar-refractivity contribution in [3.05, 3.63) is 35.4 Å². The molecule has 1 unspecified atom stereocenters. The average Bonchev–Trinajstić information content (AvgIpc) is 2.59. The van der Waals surface area contributed by atoms with E-state index >= 15 is 0 Å². The van der Waals surface area contributed by atoms with Crippen LogP contribution < -0.4 is 5.32 Å². The minimum atomic E-state index is -0.187. The SMILES string of the molecule is CC(C)Cc1ccc(CC2CC(=O)NC2=O)cc1. The summed E-state index contributed by atoms with van der Waals surface area (Å²) < 4.78 is 0. The molecule has 1 atom stereocenters. The second kappa shape index (κ2) is 5.34. The molecule has 3 heteroatoms. The summed E-state index contributed by atoms with van der Waals surface area (Å²) in [6, 6.07) is 8.36. The lowest BCUT2D eigenvalue weighted by Gasteiger charge is -2.08. The lowest BCUT2D eigenvalue weighted by molar-refractivity contribution is -0.125. The molecule has 1 heterocycles. The summed E-state index contributed by atoms with van der Waals surface area (Å²) in [6.45, 7) is 4.39. The second-order valence-electron chi connectivity index (χ2n) is 5.43. The molecule has 1 fully saturated rings. The third-order valence-corrected chi connectivity index (χ3v) is 3.21. The van der Waals surface area contributed by atoms with Crippen LogP contribution in [0, 0.1) is 11.8 Å². The average molecular weight is 245 g/mol. The number of carbonyl (C=O) groups excluding carboxylic acids is 2. The van der Waals surface area contributed by atoms with E-state index in [0.29, 0.717) is 18.8 Å². The standard InChI is InChI=1S/C15H19NO2/c1-10(2)7-11-3-5-12(6-4-11)8-13-9-14(17)16-15(13)18/h3-6,10,13H,7-9H2,1-2H3,(H,16,17,18). The fraction of sp³-hybridized carbons (Fsp3) is 0.467. The molecule has 0 bridgehead atoms. The maximum atomic E-state index is 11.5. The molecule has 1 aromatic rings. The van der Waals surface area contributed by atoms with Gasteiger partial charge >= 0.3 is 0 Å². The number of hydrogen-bond donors (Lipinski definition) is 1. The molecule has 3 nitrogen and oxygen atoms in total. The Morgan fingerprint density at radius 1 is 1.17 bits per heavy atom. The first-order valence-electron chi connectivity index (χ1n) is 6.46. The quantitative estimate of drug-likeness (QED) is 0.826. The Bertz CT molecular complexity index is 448. The highest BCUT2D eigenvalue weighted by Crippen LogP contribution is 2.18. The third-order valence-electron chi connectivity index (χ3n) is 3.21. The second-order valence-corrected chi connectivity index (χ2v) is 5.43. The maximum absolute atomic E-state index is 11.5. The molecule has 1 saturated heterocycles. The Morgan fingerprint density at radius 2 is 1.78 bits per heavy atom. The first kappa shape index (κ1) is 12.8. The van der Waals surface area contributed by atoms with Gasteiger partial charge in [0.15, 0.2) is 0 Å². The van der Waals surface area contributed by atoms with Gasteiger partial charge in [0.25, 0.3) is 0 Å². The van der Waals surface area contributed by atoms with Gasteiger partial charge in [-0.15, -0.1) is 0 Å². The van der Waals surface area contributed by atoms with E-state index < -0.39 is 0 Å². The Morgan fingerprint density at radius 3 is 2.28 bits per heavy atom. The zero-order chi connectivity index (χ0) is 13.1.